The number of aromatic nitrogens is 2. The maximum absolute atomic E-state index is 6.08. The SMILES string of the molecule is Cc1c(OCC2COC2)nn(-c2ccccc2)c1N. The maximum Gasteiger partial charge on any atom is 0.238 e. The van der Waals surface area contributed by atoms with E-state index in [1.165, 1.54) is 0 Å². The van der Waals surface area contributed by atoms with Crippen molar-refractivity contribution < 1.29 is 9.47 Å². The minimum atomic E-state index is 0.475. The van der Waals surface area contributed by atoms with Gasteiger partial charge in [0, 0.05) is 5.92 Å². The molecule has 2 N–H and O–H groups in total. The summed E-state index contributed by atoms with van der Waals surface area (Å²) in [5, 5.41) is 4.44. The molecular formula is C14H17N3O2. The minimum Gasteiger partial charge on any atom is -0.476 e. The van der Waals surface area contributed by atoms with Crippen LogP contribution in [0.5, 0.6) is 5.88 Å². The Hall–Kier alpha value is -2.01. The van der Waals surface area contributed by atoms with E-state index in [2.05, 4.69) is 5.10 Å². The van der Waals surface area contributed by atoms with E-state index in [1.807, 2.05) is 37.3 Å². The van der Waals surface area contributed by atoms with E-state index in [0.717, 1.165) is 24.5 Å². The van der Waals surface area contributed by atoms with Crippen LogP contribution in [-0.2, 0) is 4.74 Å². The van der Waals surface area contributed by atoms with Crippen LogP contribution >= 0.6 is 0 Å². The van der Waals surface area contributed by atoms with Gasteiger partial charge in [-0.3, -0.25) is 0 Å². The first-order chi connectivity index (χ1) is 9.25. The first-order valence-electron chi connectivity index (χ1n) is 6.37. The maximum atomic E-state index is 6.08. The highest BCUT2D eigenvalue weighted by Gasteiger charge is 2.21. The van der Waals surface area contributed by atoms with E-state index >= 15 is 0 Å². The van der Waals surface area contributed by atoms with Crippen LogP contribution in [0.25, 0.3) is 5.69 Å². The van der Waals surface area contributed by atoms with Crippen LogP contribution in [0.15, 0.2) is 30.3 Å². The van der Waals surface area contributed by atoms with Gasteiger partial charge in [0.1, 0.15) is 5.82 Å². The van der Waals surface area contributed by atoms with Gasteiger partial charge in [0.15, 0.2) is 0 Å². The first-order valence-corrected chi connectivity index (χ1v) is 6.37. The molecule has 100 valence electrons. The molecule has 2 heterocycles. The Bertz CT molecular complexity index is 562. The van der Waals surface area contributed by atoms with Crippen molar-refractivity contribution in [3.63, 3.8) is 0 Å². The Morgan fingerprint density at radius 2 is 2.11 bits per heavy atom. The standard InChI is InChI=1S/C14H17N3O2/c1-10-13(15)17(12-5-3-2-4-6-12)16-14(10)19-9-11-7-18-8-11/h2-6,11H,7-9,15H2,1H3. The van der Waals surface area contributed by atoms with Crippen molar-refractivity contribution in [2.45, 2.75) is 6.92 Å². The second kappa shape index (κ2) is 4.93. The van der Waals surface area contributed by atoms with Gasteiger partial charge in [-0.2, -0.15) is 0 Å². The lowest BCUT2D eigenvalue weighted by Gasteiger charge is -2.25. The summed E-state index contributed by atoms with van der Waals surface area (Å²) in [7, 11) is 0. The predicted octanol–water partition coefficient (Wildman–Crippen LogP) is 1.79. The zero-order valence-electron chi connectivity index (χ0n) is 10.9. The van der Waals surface area contributed by atoms with Crippen LogP contribution in [0.2, 0.25) is 0 Å². The molecule has 0 bridgehead atoms. The molecule has 0 unspecified atom stereocenters. The molecule has 1 aliphatic rings. The smallest absolute Gasteiger partial charge is 0.238 e. The third kappa shape index (κ3) is 2.29. The number of ether oxygens (including phenoxy) is 2. The fraction of sp³-hybridized carbons (Fsp3) is 0.357. The number of hydrogen-bond acceptors (Lipinski definition) is 4. The van der Waals surface area contributed by atoms with Gasteiger partial charge in [0.05, 0.1) is 31.1 Å². The fourth-order valence-corrected chi connectivity index (χ4v) is 1.97. The predicted molar refractivity (Wildman–Crippen MR) is 72.5 cm³/mol. The van der Waals surface area contributed by atoms with Crippen molar-refractivity contribution in [1.29, 1.82) is 0 Å². The Kier molecular flexibility index (Phi) is 3.13. The molecule has 0 spiro atoms. The van der Waals surface area contributed by atoms with Crippen LogP contribution in [0.3, 0.4) is 0 Å². The molecule has 0 aliphatic carbocycles. The highest BCUT2D eigenvalue weighted by Crippen LogP contribution is 2.26. The summed E-state index contributed by atoms with van der Waals surface area (Å²) in [6.45, 7) is 4.10. The second-order valence-electron chi connectivity index (χ2n) is 4.78. The average molecular weight is 259 g/mol. The highest BCUT2D eigenvalue weighted by atomic mass is 16.5. The number of benzene rings is 1. The first kappa shape index (κ1) is 12.0. The molecule has 1 aromatic heterocycles. The lowest BCUT2D eigenvalue weighted by atomic mass is 10.1. The molecule has 1 saturated heterocycles. The van der Waals surface area contributed by atoms with Gasteiger partial charge in [-0.25, -0.2) is 4.68 Å². The fourth-order valence-electron chi connectivity index (χ4n) is 1.97. The van der Waals surface area contributed by atoms with Gasteiger partial charge in [0.25, 0.3) is 0 Å². The summed E-state index contributed by atoms with van der Waals surface area (Å²) < 4.78 is 12.6. The van der Waals surface area contributed by atoms with Crippen LogP contribution < -0.4 is 10.5 Å². The van der Waals surface area contributed by atoms with E-state index in [-0.39, 0.29) is 0 Å². The number of hydrogen-bond donors (Lipinski definition) is 1. The summed E-state index contributed by atoms with van der Waals surface area (Å²) in [4.78, 5) is 0. The topological polar surface area (TPSA) is 62.3 Å². The number of nitrogens with zero attached hydrogens (tertiary/aromatic N) is 2. The molecule has 0 saturated carbocycles. The summed E-state index contributed by atoms with van der Waals surface area (Å²) in [6, 6.07) is 9.80. The van der Waals surface area contributed by atoms with E-state index in [0.29, 0.717) is 24.2 Å². The Morgan fingerprint density at radius 3 is 2.74 bits per heavy atom. The molecule has 0 radical (unpaired) electrons. The largest absolute Gasteiger partial charge is 0.476 e. The number of rotatable bonds is 4. The number of anilines is 1. The van der Waals surface area contributed by atoms with Crippen LogP contribution in [0.4, 0.5) is 5.82 Å². The lowest BCUT2D eigenvalue weighted by Crippen LogP contribution is -2.32. The van der Waals surface area contributed by atoms with Crippen molar-refractivity contribution in [2.75, 3.05) is 25.6 Å². The molecule has 1 aromatic carbocycles. The number of nitrogen functional groups attached to an aromatic ring is 1. The lowest BCUT2D eigenvalue weighted by molar-refractivity contribution is -0.0515. The molecule has 5 heteroatoms. The molecular weight excluding hydrogens is 242 g/mol. The van der Waals surface area contributed by atoms with E-state index in [9.17, 15) is 0 Å². The van der Waals surface area contributed by atoms with Crippen molar-refractivity contribution >= 4 is 5.82 Å². The van der Waals surface area contributed by atoms with E-state index in [4.69, 9.17) is 15.2 Å². The monoisotopic (exact) mass is 259 g/mol. The molecule has 0 amide bonds. The number of nitrogens with two attached hydrogens (primary N) is 1. The van der Waals surface area contributed by atoms with Crippen molar-refractivity contribution in [3.05, 3.63) is 35.9 Å². The second-order valence-corrected chi connectivity index (χ2v) is 4.78. The highest BCUT2D eigenvalue weighted by molar-refractivity contribution is 5.51. The molecule has 3 rings (SSSR count). The summed E-state index contributed by atoms with van der Waals surface area (Å²) >= 11 is 0. The van der Waals surface area contributed by atoms with Crippen LogP contribution in [0.1, 0.15) is 5.56 Å². The Labute approximate surface area is 111 Å². The molecule has 1 fully saturated rings. The summed E-state index contributed by atoms with van der Waals surface area (Å²) in [5.41, 5.74) is 7.90. The average Bonchev–Trinajstić information content (AvgIpc) is 2.66. The zero-order valence-corrected chi connectivity index (χ0v) is 10.9. The molecule has 19 heavy (non-hydrogen) atoms. The quantitative estimate of drug-likeness (QED) is 0.909. The van der Waals surface area contributed by atoms with Gasteiger partial charge in [0.2, 0.25) is 5.88 Å². The Balaban J connectivity index is 1.82. The van der Waals surface area contributed by atoms with Gasteiger partial charge >= 0.3 is 0 Å². The van der Waals surface area contributed by atoms with Gasteiger partial charge in [-0.1, -0.05) is 18.2 Å². The van der Waals surface area contributed by atoms with Crippen LogP contribution in [0, 0.1) is 12.8 Å². The molecule has 2 aromatic rings. The normalized spacial score (nSPS) is 15.2. The zero-order chi connectivity index (χ0) is 13.2. The molecule has 5 nitrogen and oxygen atoms in total. The van der Waals surface area contributed by atoms with Crippen molar-refractivity contribution in [2.24, 2.45) is 5.92 Å². The summed E-state index contributed by atoms with van der Waals surface area (Å²) in [5.74, 6) is 1.70. The molecule has 0 atom stereocenters. The Morgan fingerprint density at radius 1 is 1.37 bits per heavy atom. The number of para-hydroxylation sites is 1. The minimum absolute atomic E-state index is 0.475. The van der Waals surface area contributed by atoms with Gasteiger partial charge in [-0.05, 0) is 19.1 Å². The van der Waals surface area contributed by atoms with E-state index in [1.54, 1.807) is 4.68 Å². The third-order valence-electron chi connectivity index (χ3n) is 3.29. The van der Waals surface area contributed by atoms with Crippen molar-refractivity contribution in [3.8, 4) is 11.6 Å². The summed E-state index contributed by atoms with van der Waals surface area (Å²) in [6.07, 6.45) is 0. The van der Waals surface area contributed by atoms with Gasteiger partial charge < -0.3 is 15.2 Å². The van der Waals surface area contributed by atoms with Gasteiger partial charge in [-0.15, -0.1) is 5.10 Å². The van der Waals surface area contributed by atoms with Crippen LogP contribution in [-0.4, -0.2) is 29.6 Å². The van der Waals surface area contributed by atoms with E-state index < -0.39 is 0 Å². The molecule has 1 aliphatic heterocycles. The van der Waals surface area contributed by atoms with Crippen molar-refractivity contribution in [1.82, 2.24) is 9.78 Å². The third-order valence-corrected chi connectivity index (χ3v) is 3.29.